The normalized spacial score (nSPS) is 11.1. The second kappa shape index (κ2) is 9.84. The van der Waals surface area contributed by atoms with E-state index in [0.717, 1.165) is 32.3 Å². The summed E-state index contributed by atoms with van der Waals surface area (Å²) in [6, 6.07) is 12.9. The fraction of sp³-hybridized carbons (Fsp3) is 0.350. The number of anilines is 1. The SMILES string of the molecule is CSc1cccc(N(CC(=O)NCCOc2cccc(C)c2C)S(C)(=O)=O)c1. The minimum Gasteiger partial charge on any atom is -0.491 e. The Bertz CT molecular complexity index is 930. The molecule has 6 nitrogen and oxygen atoms in total. The number of benzene rings is 2. The molecule has 1 amide bonds. The third-order valence-electron chi connectivity index (χ3n) is 4.27. The van der Waals surface area contributed by atoms with E-state index in [0.29, 0.717) is 12.3 Å². The van der Waals surface area contributed by atoms with E-state index in [1.807, 2.05) is 44.4 Å². The third kappa shape index (κ3) is 6.17. The van der Waals surface area contributed by atoms with Crippen LogP contribution in [-0.2, 0) is 14.8 Å². The summed E-state index contributed by atoms with van der Waals surface area (Å²) in [5.74, 6) is 0.394. The van der Waals surface area contributed by atoms with E-state index in [1.165, 1.54) is 11.8 Å². The highest BCUT2D eigenvalue weighted by Gasteiger charge is 2.21. The van der Waals surface area contributed by atoms with Crippen LogP contribution in [0.5, 0.6) is 5.75 Å². The maximum atomic E-state index is 12.3. The van der Waals surface area contributed by atoms with E-state index in [2.05, 4.69) is 5.32 Å². The van der Waals surface area contributed by atoms with Crippen molar-refractivity contribution in [2.75, 3.05) is 36.5 Å². The van der Waals surface area contributed by atoms with Crippen LogP contribution >= 0.6 is 11.8 Å². The molecule has 0 unspecified atom stereocenters. The van der Waals surface area contributed by atoms with Crippen LogP contribution < -0.4 is 14.4 Å². The number of aryl methyl sites for hydroxylation is 1. The zero-order valence-electron chi connectivity index (χ0n) is 16.6. The molecule has 28 heavy (non-hydrogen) atoms. The van der Waals surface area contributed by atoms with Gasteiger partial charge in [0.05, 0.1) is 18.5 Å². The summed E-state index contributed by atoms with van der Waals surface area (Å²) < 4.78 is 31.1. The molecule has 0 saturated heterocycles. The molecule has 0 heterocycles. The Kier molecular flexibility index (Phi) is 7.77. The van der Waals surface area contributed by atoms with Crippen molar-refractivity contribution >= 4 is 33.4 Å². The van der Waals surface area contributed by atoms with Gasteiger partial charge < -0.3 is 10.1 Å². The lowest BCUT2D eigenvalue weighted by Gasteiger charge is -2.22. The van der Waals surface area contributed by atoms with Crippen LogP contribution in [0.15, 0.2) is 47.4 Å². The van der Waals surface area contributed by atoms with Crippen molar-refractivity contribution in [2.45, 2.75) is 18.7 Å². The Hall–Kier alpha value is -2.19. The molecule has 1 N–H and O–H groups in total. The predicted molar refractivity (Wildman–Crippen MR) is 115 cm³/mol. The van der Waals surface area contributed by atoms with Crippen LogP contribution in [0, 0.1) is 13.8 Å². The third-order valence-corrected chi connectivity index (χ3v) is 6.13. The van der Waals surface area contributed by atoms with Crippen molar-refractivity contribution < 1.29 is 17.9 Å². The summed E-state index contributed by atoms with van der Waals surface area (Å²) in [6.45, 7) is 4.30. The molecule has 152 valence electrons. The van der Waals surface area contributed by atoms with Crippen LogP contribution in [0.3, 0.4) is 0 Å². The molecular formula is C20H26N2O4S2. The number of carbonyl (C=O) groups excluding carboxylic acids is 1. The topological polar surface area (TPSA) is 75.7 Å². The Labute approximate surface area is 171 Å². The van der Waals surface area contributed by atoms with Gasteiger partial charge in [-0.05, 0) is 55.5 Å². The van der Waals surface area contributed by atoms with Gasteiger partial charge in [0.15, 0.2) is 0 Å². The number of amides is 1. The van der Waals surface area contributed by atoms with Crippen molar-refractivity contribution in [3.8, 4) is 5.75 Å². The summed E-state index contributed by atoms with van der Waals surface area (Å²) in [4.78, 5) is 13.2. The quantitative estimate of drug-likeness (QED) is 0.497. The van der Waals surface area contributed by atoms with Crippen molar-refractivity contribution in [1.82, 2.24) is 5.32 Å². The molecule has 0 aliphatic rings. The lowest BCUT2D eigenvalue weighted by Crippen LogP contribution is -2.41. The van der Waals surface area contributed by atoms with Gasteiger partial charge in [-0.2, -0.15) is 0 Å². The van der Waals surface area contributed by atoms with Crippen LogP contribution in [0.25, 0.3) is 0 Å². The number of nitrogens with zero attached hydrogens (tertiary/aromatic N) is 1. The summed E-state index contributed by atoms with van der Waals surface area (Å²) in [7, 11) is -3.59. The van der Waals surface area contributed by atoms with Crippen LogP contribution in [0.4, 0.5) is 5.69 Å². The van der Waals surface area contributed by atoms with Gasteiger partial charge in [-0.3, -0.25) is 9.10 Å². The highest BCUT2D eigenvalue weighted by Crippen LogP contribution is 2.24. The maximum absolute atomic E-state index is 12.3. The lowest BCUT2D eigenvalue weighted by molar-refractivity contribution is -0.119. The second-order valence-electron chi connectivity index (χ2n) is 6.37. The number of rotatable bonds is 9. The van der Waals surface area contributed by atoms with E-state index >= 15 is 0 Å². The van der Waals surface area contributed by atoms with E-state index in [1.54, 1.807) is 18.2 Å². The number of hydrogen-bond donors (Lipinski definition) is 1. The van der Waals surface area contributed by atoms with E-state index in [9.17, 15) is 13.2 Å². The molecule has 0 atom stereocenters. The van der Waals surface area contributed by atoms with Gasteiger partial charge in [0, 0.05) is 4.90 Å². The van der Waals surface area contributed by atoms with Gasteiger partial charge in [0.25, 0.3) is 0 Å². The maximum Gasteiger partial charge on any atom is 0.240 e. The van der Waals surface area contributed by atoms with Gasteiger partial charge in [-0.25, -0.2) is 8.42 Å². The van der Waals surface area contributed by atoms with Crippen molar-refractivity contribution in [3.05, 3.63) is 53.6 Å². The van der Waals surface area contributed by atoms with Gasteiger partial charge >= 0.3 is 0 Å². The number of carbonyl (C=O) groups is 1. The zero-order valence-corrected chi connectivity index (χ0v) is 18.2. The van der Waals surface area contributed by atoms with Crippen LogP contribution in [0.2, 0.25) is 0 Å². The minimum absolute atomic E-state index is 0.278. The minimum atomic E-state index is -3.59. The number of sulfonamides is 1. The predicted octanol–water partition coefficient (Wildman–Crippen LogP) is 2.99. The van der Waals surface area contributed by atoms with Gasteiger partial charge in [0.1, 0.15) is 18.9 Å². The molecule has 0 saturated carbocycles. The van der Waals surface area contributed by atoms with Crippen molar-refractivity contribution in [2.24, 2.45) is 0 Å². The zero-order chi connectivity index (χ0) is 20.7. The molecule has 8 heteroatoms. The first-order chi connectivity index (χ1) is 13.2. The fourth-order valence-electron chi connectivity index (χ4n) is 2.58. The average molecular weight is 423 g/mol. The first kappa shape index (κ1) is 22.1. The van der Waals surface area contributed by atoms with Crippen LogP contribution in [-0.4, -0.2) is 46.5 Å². The molecule has 2 aromatic carbocycles. The molecule has 2 rings (SSSR count). The first-order valence-corrected chi connectivity index (χ1v) is 11.9. The fourth-order valence-corrected chi connectivity index (χ4v) is 3.89. The summed E-state index contributed by atoms with van der Waals surface area (Å²) >= 11 is 1.51. The average Bonchev–Trinajstić information content (AvgIpc) is 2.65. The van der Waals surface area contributed by atoms with Gasteiger partial charge in [0.2, 0.25) is 15.9 Å². The summed E-state index contributed by atoms with van der Waals surface area (Å²) in [5.41, 5.74) is 2.67. The molecule has 0 aromatic heterocycles. The Balaban J connectivity index is 1.94. The highest BCUT2D eigenvalue weighted by molar-refractivity contribution is 7.98. The molecule has 0 bridgehead atoms. The summed E-state index contributed by atoms with van der Waals surface area (Å²) in [6.07, 6.45) is 3.00. The molecule has 0 radical (unpaired) electrons. The van der Waals surface area contributed by atoms with Gasteiger partial charge in [-0.15, -0.1) is 11.8 Å². The first-order valence-electron chi connectivity index (χ1n) is 8.80. The molecule has 0 aliphatic heterocycles. The van der Waals surface area contributed by atoms with E-state index < -0.39 is 10.0 Å². The Morgan fingerprint density at radius 1 is 1.18 bits per heavy atom. The highest BCUT2D eigenvalue weighted by atomic mass is 32.2. The molecule has 0 fully saturated rings. The van der Waals surface area contributed by atoms with Crippen LogP contribution in [0.1, 0.15) is 11.1 Å². The molecule has 0 aliphatic carbocycles. The van der Waals surface area contributed by atoms with Crippen molar-refractivity contribution in [3.63, 3.8) is 0 Å². The molecular weight excluding hydrogens is 396 g/mol. The second-order valence-corrected chi connectivity index (χ2v) is 9.15. The molecule has 2 aromatic rings. The van der Waals surface area contributed by atoms with Crippen molar-refractivity contribution in [1.29, 1.82) is 0 Å². The number of hydrogen-bond acceptors (Lipinski definition) is 5. The van der Waals surface area contributed by atoms with Gasteiger partial charge in [-0.1, -0.05) is 18.2 Å². The summed E-state index contributed by atoms with van der Waals surface area (Å²) in [5, 5.41) is 2.71. The molecule has 0 spiro atoms. The smallest absolute Gasteiger partial charge is 0.240 e. The monoisotopic (exact) mass is 422 g/mol. The Morgan fingerprint density at radius 3 is 2.57 bits per heavy atom. The lowest BCUT2D eigenvalue weighted by atomic mass is 10.1. The number of thioether (sulfide) groups is 1. The van der Waals surface area contributed by atoms with E-state index in [-0.39, 0.29) is 19.0 Å². The number of nitrogens with one attached hydrogen (secondary N) is 1. The largest absolute Gasteiger partial charge is 0.491 e. The van der Waals surface area contributed by atoms with E-state index in [4.69, 9.17) is 4.74 Å². The standard InChI is InChI=1S/C20H26N2O4S2/c1-15-7-5-10-19(16(15)2)26-12-11-21-20(23)14-22(28(4,24)25)17-8-6-9-18(13-17)27-3/h5-10,13H,11-12,14H2,1-4H3,(H,21,23). The Morgan fingerprint density at radius 2 is 1.89 bits per heavy atom. The number of ether oxygens (including phenoxy) is 1.